The molecule has 24 heavy (non-hydrogen) atoms. The Bertz CT molecular complexity index is 776. The lowest BCUT2D eigenvalue weighted by Crippen LogP contribution is -2.24. The summed E-state index contributed by atoms with van der Waals surface area (Å²) in [5.74, 6) is 0.374. The van der Waals surface area contributed by atoms with E-state index in [1.54, 1.807) is 18.6 Å². The first-order valence-corrected chi connectivity index (χ1v) is 7.58. The van der Waals surface area contributed by atoms with Gasteiger partial charge in [-0.2, -0.15) is 0 Å². The van der Waals surface area contributed by atoms with Crippen LogP contribution in [0.15, 0.2) is 67.3 Å². The van der Waals surface area contributed by atoms with Crippen LogP contribution in [0.5, 0.6) is 0 Å². The number of aromatic nitrogens is 3. The van der Waals surface area contributed by atoms with Gasteiger partial charge in [-0.1, -0.05) is 30.3 Å². The summed E-state index contributed by atoms with van der Waals surface area (Å²) in [6.45, 7) is 1.08. The fraction of sp³-hybridized carbons (Fsp3) is 0.111. The standard InChI is InChI=1S/C18H17N5O/c24-18(23-11-14-4-2-1-3-5-14)16-12-22-17(13-20-16)21-10-15-6-8-19-9-7-15/h1-9,12-13H,10-11H2,(H,21,22)(H,23,24). The Morgan fingerprint density at radius 2 is 1.62 bits per heavy atom. The molecular formula is C18H17N5O. The highest BCUT2D eigenvalue weighted by molar-refractivity contribution is 5.91. The molecule has 0 atom stereocenters. The number of rotatable bonds is 6. The minimum absolute atomic E-state index is 0.243. The van der Waals surface area contributed by atoms with Crippen molar-refractivity contribution >= 4 is 11.7 Å². The van der Waals surface area contributed by atoms with E-state index in [2.05, 4.69) is 25.6 Å². The van der Waals surface area contributed by atoms with E-state index in [1.165, 1.54) is 6.20 Å². The van der Waals surface area contributed by atoms with Gasteiger partial charge in [0.25, 0.3) is 5.91 Å². The predicted octanol–water partition coefficient (Wildman–Crippen LogP) is 2.41. The van der Waals surface area contributed by atoms with Crippen LogP contribution in [-0.2, 0) is 13.1 Å². The topological polar surface area (TPSA) is 79.8 Å². The van der Waals surface area contributed by atoms with Gasteiger partial charge in [0.1, 0.15) is 11.5 Å². The molecule has 0 aliphatic heterocycles. The number of nitrogens with zero attached hydrogens (tertiary/aromatic N) is 3. The van der Waals surface area contributed by atoms with Crippen molar-refractivity contribution in [3.63, 3.8) is 0 Å². The van der Waals surface area contributed by atoms with Crippen molar-refractivity contribution < 1.29 is 4.79 Å². The number of carbonyl (C=O) groups is 1. The van der Waals surface area contributed by atoms with Gasteiger partial charge in [-0.25, -0.2) is 9.97 Å². The van der Waals surface area contributed by atoms with E-state index >= 15 is 0 Å². The summed E-state index contributed by atoms with van der Waals surface area (Å²) >= 11 is 0. The molecule has 2 N–H and O–H groups in total. The van der Waals surface area contributed by atoms with Crippen molar-refractivity contribution in [2.75, 3.05) is 5.32 Å². The number of pyridine rings is 1. The average Bonchev–Trinajstić information content (AvgIpc) is 2.66. The molecule has 0 aliphatic rings. The summed E-state index contributed by atoms with van der Waals surface area (Å²) in [5, 5.41) is 5.98. The third kappa shape index (κ3) is 4.36. The molecule has 1 aromatic carbocycles. The summed E-state index contributed by atoms with van der Waals surface area (Å²) in [5.41, 5.74) is 2.42. The molecule has 0 bridgehead atoms. The molecule has 0 spiro atoms. The quantitative estimate of drug-likeness (QED) is 0.729. The van der Waals surface area contributed by atoms with Gasteiger partial charge in [-0.05, 0) is 23.3 Å². The van der Waals surface area contributed by atoms with Crippen molar-refractivity contribution in [3.8, 4) is 0 Å². The van der Waals surface area contributed by atoms with Crippen LogP contribution in [0.3, 0.4) is 0 Å². The van der Waals surface area contributed by atoms with Crippen molar-refractivity contribution in [1.82, 2.24) is 20.3 Å². The van der Waals surface area contributed by atoms with Gasteiger partial charge in [0, 0.05) is 25.5 Å². The number of amides is 1. The normalized spacial score (nSPS) is 10.2. The van der Waals surface area contributed by atoms with Crippen LogP contribution in [0.1, 0.15) is 21.6 Å². The van der Waals surface area contributed by atoms with E-state index in [9.17, 15) is 4.79 Å². The van der Waals surface area contributed by atoms with Gasteiger partial charge >= 0.3 is 0 Å². The average molecular weight is 319 g/mol. The summed E-state index contributed by atoms with van der Waals surface area (Å²) in [7, 11) is 0. The minimum Gasteiger partial charge on any atom is -0.365 e. The van der Waals surface area contributed by atoms with Crippen molar-refractivity contribution in [2.24, 2.45) is 0 Å². The van der Waals surface area contributed by atoms with Crippen LogP contribution in [0.25, 0.3) is 0 Å². The summed E-state index contributed by atoms with van der Waals surface area (Å²) in [4.78, 5) is 24.4. The van der Waals surface area contributed by atoms with Crippen LogP contribution in [-0.4, -0.2) is 20.9 Å². The maximum Gasteiger partial charge on any atom is 0.271 e. The molecule has 0 radical (unpaired) electrons. The van der Waals surface area contributed by atoms with Gasteiger partial charge in [-0.3, -0.25) is 9.78 Å². The smallest absolute Gasteiger partial charge is 0.271 e. The van der Waals surface area contributed by atoms with Crippen LogP contribution >= 0.6 is 0 Å². The lowest BCUT2D eigenvalue weighted by molar-refractivity contribution is 0.0945. The number of carbonyl (C=O) groups excluding carboxylic acids is 1. The molecule has 6 heteroatoms. The largest absolute Gasteiger partial charge is 0.365 e. The number of benzene rings is 1. The summed E-state index contributed by atoms with van der Waals surface area (Å²) in [6, 6.07) is 13.6. The molecule has 1 amide bonds. The summed E-state index contributed by atoms with van der Waals surface area (Å²) < 4.78 is 0. The Balaban J connectivity index is 1.53. The predicted molar refractivity (Wildman–Crippen MR) is 91.2 cm³/mol. The minimum atomic E-state index is -0.243. The molecule has 3 aromatic rings. The number of hydrogen-bond donors (Lipinski definition) is 2. The Morgan fingerprint density at radius 3 is 2.33 bits per heavy atom. The van der Waals surface area contributed by atoms with Gasteiger partial charge in [0.2, 0.25) is 0 Å². The van der Waals surface area contributed by atoms with Gasteiger partial charge < -0.3 is 10.6 Å². The molecule has 0 saturated carbocycles. The molecule has 3 rings (SSSR count). The molecule has 2 aromatic heterocycles. The highest BCUT2D eigenvalue weighted by Gasteiger charge is 2.07. The third-order valence-corrected chi connectivity index (χ3v) is 3.40. The van der Waals surface area contributed by atoms with Crippen LogP contribution < -0.4 is 10.6 Å². The zero-order chi connectivity index (χ0) is 16.6. The second kappa shape index (κ2) is 7.82. The molecule has 0 unspecified atom stereocenters. The highest BCUT2D eigenvalue weighted by Crippen LogP contribution is 2.05. The SMILES string of the molecule is O=C(NCc1ccccc1)c1cnc(NCc2ccncc2)cn1. The molecule has 120 valence electrons. The van der Waals surface area contributed by atoms with E-state index < -0.39 is 0 Å². The van der Waals surface area contributed by atoms with E-state index in [0.717, 1.165) is 11.1 Å². The number of anilines is 1. The van der Waals surface area contributed by atoms with Gasteiger partial charge in [0.05, 0.1) is 12.4 Å². The zero-order valence-electron chi connectivity index (χ0n) is 13.0. The number of nitrogens with one attached hydrogen (secondary N) is 2. The van der Waals surface area contributed by atoms with Crippen molar-refractivity contribution in [2.45, 2.75) is 13.1 Å². The van der Waals surface area contributed by atoms with Crippen LogP contribution in [0.2, 0.25) is 0 Å². The molecule has 2 heterocycles. The fourth-order valence-corrected chi connectivity index (χ4v) is 2.10. The molecule has 0 fully saturated rings. The maximum atomic E-state index is 12.1. The first kappa shape index (κ1) is 15.6. The Kier molecular flexibility index (Phi) is 5.09. The highest BCUT2D eigenvalue weighted by atomic mass is 16.1. The van der Waals surface area contributed by atoms with Crippen LogP contribution in [0.4, 0.5) is 5.82 Å². The maximum absolute atomic E-state index is 12.1. The molecule has 0 saturated heterocycles. The van der Waals surface area contributed by atoms with E-state index in [1.807, 2.05) is 42.5 Å². The third-order valence-electron chi connectivity index (χ3n) is 3.40. The first-order chi connectivity index (χ1) is 11.8. The van der Waals surface area contributed by atoms with Gasteiger partial charge in [-0.15, -0.1) is 0 Å². The Morgan fingerprint density at radius 1 is 0.875 bits per heavy atom. The van der Waals surface area contributed by atoms with Crippen molar-refractivity contribution in [3.05, 3.63) is 84.1 Å². The molecule has 6 nitrogen and oxygen atoms in total. The van der Waals surface area contributed by atoms with Gasteiger partial charge in [0.15, 0.2) is 0 Å². The van der Waals surface area contributed by atoms with E-state index in [0.29, 0.717) is 24.6 Å². The second-order valence-electron chi connectivity index (χ2n) is 5.16. The second-order valence-corrected chi connectivity index (χ2v) is 5.16. The molecule has 0 aliphatic carbocycles. The van der Waals surface area contributed by atoms with E-state index in [4.69, 9.17) is 0 Å². The van der Waals surface area contributed by atoms with Crippen molar-refractivity contribution in [1.29, 1.82) is 0 Å². The lowest BCUT2D eigenvalue weighted by Gasteiger charge is -2.07. The summed E-state index contributed by atoms with van der Waals surface area (Å²) in [6.07, 6.45) is 6.50. The van der Waals surface area contributed by atoms with Crippen LogP contribution in [0, 0.1) is 0 Å². The Hall–Kier alpha value is -3.28. The van der Waals surface area contributed by atoms with E-state index in [-0.39, 0.29) is 5.91 Å². The monoisotopic (exact) mass is 319 g/mol. The number of hydrogen-bond acceptors (Lipinski definition) is 5. The lowest BCUT2D eigenvalue weighted by atomic mass is 10.2. The Labute approximate surface area is 140 Å². The fourth-order valence-electron chi connectivity index (χ4n) is 2.10. The first-order valence-electron chi connectivity index (χ1n) is 7.58. The zero-order valence-corrected chi connectivity index (χ0v) is 13.0. The molecular weight excluding hydrogens is 302 g/mol.